The van der Waals surface area contributed by atoms with Gasteiger partial charge >= 0.3 is 0 Å². The van der Waals surface area contributed by atoms with E-state index in [1.165, 1.54) is 0 Å². The molecule has 0 aliphatic carbocycles. The molecule has 0 bridgehead atoms. The van der Waals surface area contributed by atoms with E-state index in [1.54, 1.807) is 18.5 Å². The average Bonchev–Trinajstić information content (AvgIpc) is 2.47. The van der Waals surface area contributed by atoms with Gasteiger partial charge in [-0.15, -0.1) is 0 Å². The van der Waals surface area contributed by atoms with E-state index >= 15 is 0 Å². The van der Waals surface area contributed by atoms with Crippen molar-refractivity contribution in [3.63, 3.8) is 0 Å². The van der Waals surface area contributed by atoms with E-state index in [2.05, 4.69) is 15.6 Å². The van der Waals surface area contributed by atoms with E-state index in [-0.39, 0.29) is 11.9 Å². The standard InChI is InChI=1S/C8H7N3OS/c12-7-6(10-8(13)11-7)5-2-1-3-9-4-5/h1-4,6H,(H2,10,11,12,13). The van der Waals surface area contributed by atoms with Crippen LogP contribution in [0.15, 0.2) is 24.5 Å². The molecule has 1 aliphatic rings. The first kappa shape index (κ1) is 8.12. The SMILES string of the molecule is O=C1NC(=S)NC1c1cccnc1. The molecule has 2 heterocycles. The van der Waals surface area contributed by atoms with Crippen molar-refractivity contribution in [3.8, 4) is 0 Å². The lowest BCUT2D eigenvalue weighted by Crippen LogP contribution is -2.21. The highest BCUT2D eigenvalue weighted by Gasteiger charge is 2.28. The van der Waals surface area contributed by atoms with Crippen molar-refractivity contribution >= 4 is 23.2 Å². The molecule has 2 N–H and O–H groups in total. The number of rotatable bonds is 1. The van der Waals surface area contributed by atoms with Crippen LogP contribution in [0.3, 0.4) is 0 Å². The zero-order valence-electron chi connectivity index (χ0n) is 6.65. The molecule has 1 saturated heterocycles. The maximum atomic E-state index is 11.3. The third-order valence-corrected chi connectivity index (χ3v) is 2.01. The molecule has 1 atom stereocenters. The quantitative estimate of drug-likeness (QED) is 0.622. The second-order valence-corrected chi connectivity index (χ2v) is 3.09. The Morgan fingerprint density at radius 1 is 1.54 bits per heavy atom. The number of thiocarbonyl (C=S) groups is 1. The van der Waals surface area contributed by atoms with Crippen molar-refractivity contribution in [2.24, 2.45) is 0 Å². The molecule has 1 unspecified atom stereocenters. The van der Waals surface area contributed by atoms with Crippen LogP contribution >= 0.6 is 12.2 Å². The number of hydrogen-bond acceptors (Lipinski definition) is 3. The summed E-state index contributed by atoms with van der Waals surface area (Å²) in [6.07, 6.45) is 3.31. The fraction of sp³-hybridized carbons (Fsp3) is 0.125. The number of carbonyl (C=O) groups excluding carboxylic acids is 1. The Balaban J connectivity index is 2.28. The Labute approximate surface area is 80.4 Å². The van der Waals surface area contributed by atoms with E-state index in [0.29, 0.717) is 5.11 Å². The van der Waals surface area contributed by atoms with Gasteiger partial charge < -0.3 is 10.6 Å². The van der Waals surface area contributed by atoms with Crippen molar-refractivity contribution in [2.45, 2.75) is 6.04 Å². The number of nitrogens with zero attached hydrogens (tertiary/aromatic N) is 1. The molecule has 0 radical (unpaired) electrons. The third-order valence-electron chi connectivity index (χ3n) is 1.79. The van der Waals surface area contributed by atoms with E-state index in [1.807, 2.05) is 6.07 Å². The van der Waals surface area contributed by atoms with Crippen LogP contribution in [0.5, 0.6) is 0 Å². The number of hydrogen-bond donors (Lipinski definition) is 2. The molecule has 66 valence electrons. The Morgan fingerprint density at radius 2 is 2.38 bits per heavy atom. The molecule has 1 aliphatic heterocycles. The Bertz CT molecular complexity index is 352. The van der Waals surface area contributed by atoms with Crippen LogP contribution in [-0.4, -0.2) is 16.0 Å². The minimum absolute atomic E-state index is 0.127. The monoisotopic (exact) mass is 193 g/mol. The summed E-state index contributed by atoms with van der Waals surface area (Å²) in [6, 6.07) is 3.23. The molecule has 0 saturated carbocycles. The molecule has 0 spiro atoms. The summed E-state index contributed by atoms with van der Waals surface area (Å²) in [6.45, 7) is 0. The summed E-state index contributed by atoms with van der Waals surface area (Å²) in [5.74, 6) is -0.127. The first-order chi connectivity index (χ1) is 6.27. The zero-order valence-corrected chi connectivity index (χ0v) is 7.47. The minimum Gasteiger partial charge on any atom is -0.347 e. The number of carbonyl (C=O) groups is 1. The molecule has 1 fully saturated rings. The molecule has 4 nitrogen and oxygen atoms in total. The fourth-order valence-corrected chi connectivity index (χ4v) is 1.42. The van der Waals surface area contributed by atoms with Crippen LogP contribution in [0.1, 0.15) is 11.6 Å². The second kappa shape index (κ2) is 3.10. The highest BCUT2D eigenvalue weighted by atomic mass is 32.1. The largest absolute Gasteiger partial charge is 0.347 e. The van der Waals surface area contributed by atoms with Gasteiger partial charge in [0.1, 0.15) is 6.04 Å². The van der Waals surface area contributed by atoms with Crippen molar-refractivity contribution in [1.82, 2.24) is 15.6 Å². The predicted molar refractivity (Wildman–Crippen MR) is 50.9 cm³/mol. The summed E-state index contributed by atoms with van der Waals surface area (Å²) in [7, 11) is 0. The summed E-state index contributed by atoms with van der Waals surface area (Å²) in [5, 5.41) is 5.74. The summed E-state index contributed by atoms with van der Waals surface area (Å²) in [4.78, 5) is 15.2. The summed E-state index contributed by atoms with van der Waals surface area (Å²) < 4.78 is 0. The summed E-state index contributed by atoms with van der Waals surface area (Å²) >= 11 is 4.81. The molecular formula is C8H7N3OS. The number of pyridine rings is 1. The normalized spacial score (nSPS) is 21.1. The molecular weight excluding hydrogens is 186 g/mol. The van der Waals surface area contributed by atoms with Gasteiger partial charge in [-0.3, -0.25) is 9.78 Å². The molecule has 1 aromatic rings. The van der Waals surface area contributed by atoms with E-state index < -0.39 is 0 Å². The first-order valence-corrected chi connectivity index (χ1v) is 4.19. The van der Waals surface area contributed by atoms with Crippen LogP contribution in [-0.2, 0) is 4.79 Å². The van der Waals surface area contributed by atoms with Gasteiger partial charge in [0.05, 0.1) is 0 Å². The van der Waals surface area contributed by atoms with Gasteiger partial charge in [0.2, 0.25) is 0 Å². The van der Waals surface area contributed by atoms with Crippen LogP contribution in [0.4, 0.5) is 0 Å². The number of aromatic nitrogens is 1. The van der Waals surface area contributed by atoms with Gasteiger partial charge in [0.25, 0.3) is 5.91 Å². The molecule has 5 heteroatoms. The van der Waals surface area contributed by atoms with Gasteiger partial charge in [0.15, 0.2) is 5.11 Å². The first-order valence-electron chi connectivity index (χ1n) is 3.78. The number of amides is 1. The highest BCUT2D eigenvalue weighted by molar-refractivity contribution is 7.80. The molecule has 13 heavy (non-hydrogen) atoms. The minimum atomic E-state index is -0.388. The van der Waals surface area contributed by atoms with E-state index in [4.69, 9.17) is 12.2 Å². The Hall–Kier alpha value is -1.49. The fourth-order valence-electron chi connectivity index (χ4n) is 1.20. The lowest BCUT2D eigenvalue weighted by atomic mass is 10.1. The average molecular weight is 193 g/mol. The topological polar surface area (TPSA) is 54.0 Å². The van der Waals surface area contributed by atoms with E-state index in [0.717, 1.165) is 5.56 Å². The Kier molecular flexibility index (Phi) is 1.94. The number of nitrogens with one attached hydrogen (secondary N) is 2. The van der Waals surface area contributed by atoms with Crippen molar-refractivity contribution in [2.75, 3.05) is 0 Å². The van der Waals surface area contributed by atoms with Gasteiger partial charge in [-0.2, -0.15) is 0 Å². The predicted octanol–water partition coefficient (Wildman–Crippen LogP) is 0.127. The van der Waals surface area contributed by atoms with Gasteiger partial charge in [-0.05, 0) is 18.3 Å². The zero-order chi connectivity index (χ0) is 9.26. The van der Waals surface area contributed by atoms with Crippen LogP contribution in [0.25, 0.3) is 0 Å². The molecule has 2 rings (SSSR count). The lowest BCUT2D eigenvalue weighted by molar-refractivity contribution is -0.120. The van der Waals surface area contributed by atoms with E-state index in [9.17, 15) is 4.79 Å². The van der Waals surface area contributed by atoms with Crippen LogP contribution < -0.4 is 10.6 Å². The van der Waals surface area contributed by atoms with Gasteiger partial charge in [0, 0.05) is 18.0 Å². The molecule has 0 aromatic carbocycles. The Morgan fingerprint density at radius 3 is 2.92 bits per heavy atom. The van der Waals surface area contributed by atoms with Crippen LogP contribution in [0, 0.1) is 0 Å². The van der Waals surface area contributed by atoms with Gasteiger partial charge in [-0.1, -0.05) is 6.07 Å². The maximum absolute atomic E-state index is 11.3. The van der Waals surface area contributed by atoms with Crippen molar-refractivity contribution in [1.29, 1.82) is 0 Å². The van der Waals surface area contributed by atoms with Crippen molar-refractivity contribution in [3.05, 3.63) is 30.1 Å². The van der Waals surface area contributed by atoms with Gasteiger partial charge in [-0.25, -0.2) is 0 Å². The molecule has 1 aromatic heterocycles. The van der Waals surface area contributed by atoms with Crippen molar-refractivity contribution < 1.29 is 4.79 Å². The maximum Gasteiger partial charge on any atom is 0.253 e. The molecule has 1 amide bonds. The summed E-state index contributed by atoms with van der Waals surface area (Å²) in [5.41, 5.74) is 0.819. The third kappa shape index (κ3) is 1.50. The lowest BCUT2D eigenvalue weighted by Gasteiger charge is -2.05. The highest BCUT2D eigenvalue weighted by Crippen LogP contribution is 2.14. The second-order valence-electron chi connectivity index (χ2n) is 2.68. The van der Waals surface area contributed by atoms with Crippen LogP contribution in [0.2, 0.25) is 0 Å². The smallest absolute Gasteiger partial charge is 0.253 e.